The summed E-state index contributed by atoms with van der Waals surface area (Å²) in [4.78, 5) is 18.4. The SMILES string of the molecule is CN(C)C1CCN(c2ccc(C3=CC4NC=C(c5cccc(NC(=O)NCC(F)(F)F)c5)N4C=C3)nn2)CC1. The monoisotopic (exact) mass is 540 g/mol. The smallest absolute Gasteiger partial charge is 0.366 e. The Bertz CT molecular complexity index is 1280. The predicted molar refractivity (Wildman–Crippen MR) is 144 cm³/mol. The third kappa shape index (κ3) is 6.33. The summed E-state index contributed by atoms with van der Waals surface area (Å²) in [6.45, 7) is 0.527. The average Bonchev–Trinajstić information content (AvgIpc) is 3.35. The second-order valence-electron chi connectivity index (χ2n) is 9.95. The van der Waals surface area contributed by atoms with E-state index in [4.69, 9.17) is 0 Å². The van der Waals surface area contributed by atoms with Gasteiger partial charge in [-0.1, -0.05) is 12.1 Å². The van der Waals surface area contributed by atoms with Crippen molar-refractivity contribution in [2.75, 3.05) is 43.9 Å². The first-order chi connectivity index (χ1) is 18.7. The summed E-state index contributed by atoms with van der Waals surface area (Å²) < 4.78 is 37.1. The van der Waals surface area contributed by atoms with Crippen molar-refractivity contribution in [1.82, 2.24) is 30.6 Å². The van der Waals surface area contributed by atoms with Gasteiger partial charge in [0, 0.05) is 48.4 Å². The van der Waals surface area contributed by atoms with E-state index in [1.54, 1.807) is 23.5 Å². The number of alkyl halides is 3. The number of carbonyl (C=O) groups excluding carboxylic acids is 1. The Labute approximate surface area is 225 Å². The van der Waals surface area contributed by atoms with Crippen LogP contribution in [0.25, 0.3) is 11.3 Å². The summed E-state index contributed by atoms with van der Waals surface area (Å²) in [5.74, 6) is 0.890. The Morgan fingerprint density at radius 1 is 1.15 bits per heavy atom. The van der Waals surface area contributed by atoms with Gasteiger partial charge in [-0.15, -0.1) is 10.2 Å². The van der Waals surface area contributed by atoms with Gasteiger partial charge in [0.05, 0.1) is 11.4 Å². The number of anilines is 2. The fourth-order valence-corrected chi connectivity index (χ4v) is 4.93. The van der Waals surface area contributed by atoms with Crippen LogP contribution in [0.5, 0.6) is 0 Å². The largest absolute Gasteiger partial charge is 0.405 e. The standard InChI is InChI=1S/C27H31F3N8O/c1-36(2)21-9-11-37(12-10-21)24-7-6-22(34-35-24)18-8-13-38-23(16-31-25(38)15-18)19-4-3-5-20(14-19)33-26(39)32-17-27(28,29)30/h3-8,13-16,21,25,31H,9-12,17H2,1-2H3,(H2,32,33,39). The lowest BCUT2D eigenvalue weighted by Crippen LogP contribution is -2.42. The first-order valence-electron chi connectivity index (χ1n) is 12.8. The molecule has 1 aromatic heterocycles. The van der Waals surface area contributed by atoms with Crippen LogP contribution in [-0.4, -0.2) is 78.1 Å². The molecule has 4 heterocycles. The molecule has 1 fully saturated rings. The van der Waals surface area contributed by atoms with Gasteiger partial charge in [-0.25, -0.2) is 4.79 Å². The van der Waals surface area contributed by atoms with E-state index in [2.05, 4.69) is 50.8 Å². The number of urea groups is 1. The Morgan fingerprint density at radius 2 is 1.95 bits per heavy atom. The van der Waals surface area contributed by atoms with Crippen LogP contribution in [-0.2, 0) is 0 Å². The number of hydrogen-bond acceptors (Lipinski definition) is 7. The number of allylic oxidation sites excluding steroid dienone is 2. The molecule has 12 heteroatoms. The Morgan fingerprint density at radius 3 is 2.64 bits per heavy atom. The van der Waals surface area contributed by atoms with Gasteiger partial charge >= 0.3 is 12.2 Å². The van der Waals surface area contributed by atoms with Crippen molar-refractivity contribution >= 4 is 28.8 Å². The lowest BCUT2D eigenvalue weighted by molar-refractivity contribution is -0.122. The maximum atomic E-state index is 12.4. The molecule has 0 saturated carbocycles. The minimum absolute atomic E-state index is 0.141. The molecule has 3 aliphatic heterocycles. The second kappa shape index (κ2) is 11.0. The van der Waals surface area contributed by atoms with E-state index in [0.717, 1.165) is 54.3 Å². The van der Waals surface area contributed by atoms with E-state index in [0.29, 0.717) is 11.7 Å². The molecular formula is C27H31F3N8O. The Kier molecular flexibility index (Phi) is 7.47. The number of nitrogens with one attached hydrogen (secondary N) is 3. The molecule has 0 aliphatic carbocycles. The van der Waals surface area contributed by atoms with Crippen molar-refractivity contribution in [3.8, 4) is 0 Å². The molecule has 5 rings (SSSR count). The molecule has 0 spiro atoms. The molecule has 206 valence electrons. The van der Waals surface area contributed by atoms with Gasteiger partial charge in [-0.3, -0.25) is 0 Å². The molecule has 1 atom stereocenters. The molecule has 2 amide bonds. The quantitative estimate of drug-likeness (QED) is 0.513. The highest BCUT2D eigenvalue weighted by Gasteiger charge is 2.29. The molecule has 0 radical (unpaired) electrons. The molecule has 0 bridgehead atoms. The van der Waals surface area contributed by atoms with Crippen molar-refractivity contribution in [2.24, 2.45) is 0 Å². The Hall–Kier alpha value is -4.06. The molecule has 39 heavy (non-hydrogen) atoms. The number of aromatic nitrogens is 2. The summed E-state index contributed by atoms with van der Waals surface area (Å²) in [5, 5.41) is 16.6. The fraction of sp³-hybridized carbons (Fsp3) is 0.370. The maximum absolute atomic E-state index is 12.4. The van der Waals surface area contributed by atoms with E-state index in [1.165, 1.54) is 0 Å². The number of benzene rings is 1. The fourth-order valence-electron chi connectivity index (χ4n) is 4.93. The van der Waals surface area contributed by atoms with Crippen LogP contribution < -0.4 is 20.9 Å². The van der Waals surface area contributed by atoms with Gasteiger partial charge < -0.3 is 30.7 Å². The zero-order chi connectivity index (χ0) is 27.6. The molecule has 1 unspecified atom stereocenters. The maximum Gasteiger partial charge on any atom is 0.405 e. The van der Waals surface area contributed by atoms with E-state index in [1.807, 2.05) is 41.6 Å². The number of hydrogen-bond donors (Lipinski definition) is 3. The normalized spacial score (nSPS) is 19.4. The predicted octanol–water partition coefficient (Wildman–Crippen LogP) is 3.83. The highest BCUT2D eigenvalue weighted by molar-refractivity contribution is 5.90. The van der Waals surface area contributed by atoms with Gasteiger partial charge in [0.25, 0.3) is 0 Å². The van der Waals surface area contributed by atoms with Crippen LogP contribution in [0.3, 0.4) is 0 Å². The molecule has 3 aliphatic rings. The number of amides is 2. The lowest BCUT2D eigenvalue weighted by atomic mass is 10.0. The topological polar surface area (TPSA) is 88.7 Å². The van der Waals surface area contributed by atoms with Gasteiger partial charge in [0.1, 0.15) is 12.7 Å². The first kappa shape index (κ1) is 26.5. The summed E-state index contributed by atoms with van der Waals surface area (Å²) in [6.07, 6.45) is 5.43. The van der Waals surface area contributed by atoms with E-state index >= 15 is 0 Å². The van der Waals surface area contributed by atoms with E-state index in [-0.39, 0.29) is 6.17 Å². The summed E-state index contributed by atoms with van der Waals surface area (Å²) in [7, 11) is 4.25. The second-order valence-corrected chi connectivity index (χ2v) is 9.95. The van der Waals surface area contributed by atoms with Crippen LogP contribution in [0, 0.1) is 0 Å². The van der Waals surface area contributed by atoms with Crippen molar-refractivity contribution in [3.05, 3.63) is 72.2 Å². The molecule has 9 nitrogen and oxygen atoms in total. The van der Waals surface area contributed by atoms with Gasteiger partial charge in [0.2, 0.25) is 0 Å². The van der Waals surface area contributed by atoms with Crippen molar-refractivity contribution < 1.29 is 18.0 Å². The summed E-state index contributed by atoms with van der Waals surface area (Å²) >= 11 is 0. The number of nitrogens with zero attached hydrogens (tertiary/aromatic N) is 5. The molecule has 2 aromatic rings. The number of piperidine rings is 1. The Balaban J connectivity index is 1.20. The highest BCUT2D eigenvalue weighted by atomic mass is 19.4. The van der Waals surface area contributed by atoms with E-state index < -0.39 is 18.8 Å². The van der Waals surface area contributed by atoms with Crippen molar-refractivity contribution in [1.29, 1.82) is 0 Å². The molecule has 1 saturated heterocycles. The van der Waals surface area contributed by atoms with Crippen LogP contribution in [0.2, 0.25) is 0 Å². The van der Waals surface area contributed by atoms with Crippen molar-refractivity contribution in [2.45, 2.75) is 31.2 Å². The number of halogens is 3. The number of rotatable bonds is 6. The average molecular weight is 541 g/mol. The zero-order valence-electron chi connectivity index (χ0n) is 21.7. The van der Waals surface area contributed by atoms with Gasteiger partial charge in [-0.2, -0.15) is 13.2 Å². The summed E-state index contributed by atoms with van der Waals surface area (Å²) in [5.41, 5.74) is 3.76. The third-order valence-corrected chi connectivity index (χ3v) is 7.05. The van der Waals surface area contributed by atoms with Gasteiger partial charge in [-0.05, 0) is 63.4 Å². The van der Waals surface area contributed by atoms with Crippen LogP contribution in [0.15, 0.2) is 61.0 Å². The lowest BCUT2D eigenvalue weighted by Gasteiger charge is -2.35. The van der Waals surface area contributed by atoms with Crippen LogP contribution in [0.1, 0.15) is 24.1 Å². The van der Waals surface area contributed by atoms with Crippen LogP contribution >= 0.6 is 0 Å². The highest BCUT2D eigenvalue weighted by Crippen LogP contribution is 2.32. The first-order valence-corrected chi connectivity index (χ1v) is 12.8. The number of fused-ring (bicyclic) bond motifs is 1. The molecular weight excluding hydrogens is 509 g/mol. The summed E-state index contributed by atoms with van der Waals surface area (Å²) in [6, 6.07) is 10.6. The van der Waals surface area contributed by atoms with Gasteiger partial charge in [0.15, 0.2) is 5.82 Å². The minimum atomic E-state index is -4.47. The van der Waals surface area contributed by atoms with Crippen LogP contribution in [0.4, 0.5) is 29.5 Å². The zero-order valence-corrected chi connectivity index (χ0v) is 21.7. The minimum Gasteiger partial charge on any atom is -0.366 e. The molecule has 3 N–H and O–H groups in total. The van der Waals surface area contributed by atoms with E-state index in [9.17, 15) is 18.0 Å². The number of carbonyl (C=O) groups is 1. The third-order valence-electron chi connectivity index (χ3n) is 7.05. The van der Waals surface area contributed by atoms with Crippen molar-refractivity contribution in [3.63, 3.8) is 0 Å². The molecule has 1 aromatic carbocycles.